The summed E-state index contributed by atoms with van der Waals surface area (Å²) in [6, 6.07) is 19.5. The smallest absolute Gasteiger partial charge is 0.239 e. The highest BCUT2D eigenvalue weighted by molar-refractivity contribution is 6.09. The Labute approximate surface area is 183 Å². The van der Waals surface area contributed by atoms with Gasteiger partial charge in [0, 0.05) is 30.7 Å². The maximum atomic E-state index is 13.6. The molecule has 3 aliphatic rings. The van der Waals surface area contributed by atoms with Gasteiger partial charge in [0.15, 0.2) is 0 Å². The van der Waals surface area contributed by atoms with Crippen molar-refractivity contribution in [2.75, 3.05) is 18.0 Å². The Bertz CT molecular complexity index is 948. The van der Waals surface area contributed by atoms with Crippen LogP contribution in [0.15, 0.2) is 60.7 Å². The summed E-state index contributed by atoms with van der Waals surface area (Å²) in [5.41, 5.74) is 0.903. The van der Waals surface area contributed by atoms with Crippen LogP contribution in [-0.4, -0.2) is 41.0 Å². The number of nitrogens with zero attached hydrogens (tertiary/aromatic N) is 2. The van der Waals surface area contributed by atoms with Crippen LogP contribution in [0.2, 0.25) is 0 Å². The van der Waals surface area contributed by atoms with Crippen molar-refractivity contribution in [1.82, 2.24) is 4.90 Å². The molecule has 0 aromatic heterocycles. The summed E-state index contributed by atoms with van der Waals surface area (Å²) in [6.07, 6.45) is 5.02. The van der Waals surface area contributed by atoms with E-state index < -0.39 is 11.5 Å². The number of aliphatic hydroxyl groups is 1. The van der Waals surface area contributed by atoms with Gasteiger partial charge in [0.1, 0.15) is 5.92 Å². The molecule has 162 valence electrons. The van der Waals surface area contributed by atoms with Crippen LogP contribution in [0.4, 0.5) is 5.69 Å². The van der Waals surface area contributed by atoms with Crippen LogP contribution >= 0.6 is 0 Å². The normalized spacial score (nSPS) is 30.9. The third-order valence-electron chi connectivity index (χ3n) is 7.61. The van der Waals surface area contributed by atoms with Crippen molar-refractivity contribution in [3.8, 4) is 0 Å². The van der Waals surface area contributed by atoms with Gasteiger partial charge in [-0.1, -0.05) is 61.4 Å². The quantitative estimate of drug-likeness (QED) is 0.773. The van der Waals surface area contributed by atoms with Gasteiger partial charge in [-0.15, -0.1) is 0 Å². The molecule has 5 heteroatoms. The third-order valence-corrected chi connectivity index (χ3v) is 7.61. The Kier molecular flexibility index (Phi) is 5.30. The van der Waals surface area contributed by atoms with E-state index in [4.69, 9.17) is 0 Å². The molecule has 1 N–H and O–H groups in total. The first kappa shape index (κ1) is 20.3. The number of fused-ring (bicyclic) bond motifs is 1. The summed E-state index contributed by atoms with van der Waals surface area (Å²) < 4.78 is 0. The minimum absolute atomic E-state index is 0.00113. The molecule has 5 rings (SSSR count). The van der Waals surface area contributed by atoms with Gasteiger partial charge in [0.05, 0.1) is 5.60 Å². The Morgan fingerprint density at radius 1 is 0.903 bits per heavy atom. The number of rotatable bonds is 3. The lowest BCUT2D eigenvalue weighted by Crippen LogP contribution is -2.60. The fourth-order valence-electron chi connectivity index (χ4n) is 6.02. The Morgan fingerprint density at radius 2 is 1.58 bits per heavy atom. The van der Waals surface area contributed by atoms with Crippen LogP contribution in [-0.2, 0) is 15.2 Å². The molecule has 5 nitrogen and oxygen atoms in total. The van der Waals surface area contributed by atoms with Crippen molar-refractivity contribution < 1.29 is 14.7 Å². The van der Waals surface area contributed by atoms with Gasteiger partial charge >= 0.3 is 0 Å². The predicted molar refractivity (Wildman–Crippen MR) is 119 cm³/mol. The molecule has 2 saturated heterocycles. The molecular formula is C26H30N2O3. The lowest BCUT2D eigenvalue weighted by molar-refractivity contribution is -0.159. The summed E-state index contributed by atoms with van der Waals surface area (Å²) in [7, 11) is 0. The number of para-hydroxylation sites is 1. The zero-order valence-corrected chi connectivity index (χ0v) is 17.8. The second kappa shape index (κ2) is 8.12. The van der Waals surface area contributed by atoms with Crippen LogP contribution in [0.25, 0.3) is 0 Å². The van der Waals surface area contributed by atoms with Gasteiger partial charge in [-0.05, 0) is 43.4 Å². The first-order chi connectivity index (χ1) is 15.1. The third kappa shape index (κ3) is 3.45. The van der Waals surface area contributed by atoms with E-state index in [1.807, 2.05) is 65.6 Å². The number of carbonyl (C=O) groups is 2. The van der Waals surface area contributed by atoms with E-state index in [2.05, 4.69) is 0 Å². The number of hydrogen-bond donors (Lipinski definition) is 1. The minimum Gasteiger partial charge on any atom is -0.385 e. The van der Waals surface area contributed by atoms with Crippen LogP contribution in [0.1, 0.15) is 44.1 Å². The number of anilines is 1. The van der Waals surface area contributed by atoms with Gasteiger partial charge in [-0.25, -0.2) is 0 Å². The molecule has 2 aromatic rings. The zero-order valence-electron chi connectivity index (χ0n) is 17.8. The van der Waals surface area contributed by atoms with Crippen molar-refractivity contribution in [1.29, 1.82) is 0 Å². The van der Waals surface area contributed by atoms with Crippen LogP contribution in [0.3, 0.4) is 0 Å². The largest absolute Gasteiger partial charge is 0.385 e. The summed E-state index contributed by atoms with van der Waals surface area (Å²) in [5, 5.41) is 11.7. The van der Waals surface area contributed by atoms with E-state index in [0.717, 1.165) is 36.9 Å². The van der Waals surface area contributed by atoms with Crippen molar-refractivity contribution in [2.45, 2.75) is 50.2 Å². The lowest BCUT2D eigenvalue weighted by atomic mass is 9.66. The van der Waals surface area contributed by atoms with Gasteiger partial charge in [0.2, 0.25) is 11.8 Å². The van der Waals surface area contributed by atoms with E-state index in [-0.39, 0.29) is 23.8 Å². The zero-order chi connectivity index (χ0) is 21.4. The van der Waals surface area contributed by atoms with E-state index in [0.29, 0.717) is 25.9 Å². The average Bonchev–Trinajstić information content (AvgIpc) is 3.21. The fourth-order valence-corrected chi connectivity index (χ4v) is 6.02. The van der Waals surface area contributed by atoms with E-state index in [1.165, 1.54) is 0 Å². The molecule has 2 aromatic carbocycles. The highest BCUT2D eigenvalue weighted by Gasteiger charge is 2.52. The average molecular weight is 419 g/mol. The second-order valence-corrected chi connectivity index (χ2v) is 9.20. The molecule has 2 aliphatic heterocycles. The summed E-state index contributed by atoms with van der Waals surface area (Å²) in [6.45, 7) is 1.08. The maximum absolute atomic E-state index is 13.6. The summed E-state index contributed by atoms with van der Waals surface area (Å²) >= 11 is 0. The summed E-state index contributed by atoms with van der Waals surface area (Å²) in [4.78, 5) is 30.4. The minimum atomic E-state index is -0.904. The Balaban J connectivity index is 1.38. The van der Waals surface area contributed by atoms with E-state index in [1.54, 1.807) is 4.90 Å². The van der Waals surface area contributed by atoms with Gasteiger partial charge < -0.3 is 14.9 Å². The first-order valence-corrected chi connectivity index (χ1v) is 11.5. The van der Waals surface area contributed by atoms with Crippen LogP contribution < -0.4 is 4.90 Å². The van der Waals surface area contributed by atoms with Crippen molar-refractivity contribution >= 4 is 17.5 Å². The monoisotopic (exact) mass is 418 g/mol. The van der Waals surface area contributed by atoms with Crippen molar-refractivity contribution in [3.05, 3.63) is 66.2 Å². The molecule has 0 bridgehead atoms. The van der Waals surface area contributed by atoms with Crippen LogP contribution in [0.5, 0.6) is 0 Å². The first-order valence-electron chi connectivity index (χ1n) is 11.5. The lowest BCUT2D eigenvalue weighted by Gasteiger charge is -2.53. The predicted octanol–water partition coefficient (Wildman–Crippen LogP) is 3.72. The number of amides is 2. The van der Waals surface area contributed by atoms with Gasteiger partial charge in [-0.3, -0.25) is 9.59 Å². The number of likely N-dealkylation sites (tertiary alicyclic amines) is 1. The molecule has 0 spiro atoms. The summed E-state index contributed by atoms with van der Waals surface area (Å²) in [5.74, 6) is -0.725. The molecule has 1 aliphatic carbocycles. The molecule has 2 unspecified atom stereocenters. The second-order valence-electron chi connectivity index (χ2n) is 9.20. The van der Waals surface area contributed by atoms with Gasteiger partial charge in [0.25, 0.3) is 0 Å². The number of carbonyl (C=O) groups excluding carboxylic acids is 2. The molecule has 2 amide bonds. The maximum Gasteiger partial charge on any atom is 0.239 e. The molecule has 4 atom stereocenters. The molecule has 0 radical (unpaired) electrons. The van der Waals surface area contributed by atoms with Crippen molar-refractivity contribution in [3.63, 3.8) is 0 Å². The van der Waals surface area contributed by atoms with Crippen LogP contribution in [0, 0.1) is 11.8 Å². The number of benzene rings is 2. The standard InChI is InChI=1S/C26H30N2O3/c29-24-21(15-17-27(24)20-11-5-2-6-12-20)25(30)28-18-16-26(31,19-9-3-1-4-10-19)22-13-7-8-14-23(22)28/h1-6,9-12,21-23,31H,7-8,13-18H2/t21?,22-,23?,26-/m0/s1. The molecule has 3 fully saturated rings. The highest BCUT2D eigenvalue weighted by Crippen LogP contribution is 2.47. The fraction of sp³-hybridized carbons (Fsp3) is 0.462. The molecule has 31 heavy (non-hydrogen) atoms. The molecule has 2 heterocycles. The topological polar surface area (TPSA) is 60.9 Å². The SMILES string of the molecule is O=C1C(C(=O)N2CC[C@](O)(c3ccccc3)[C@H]3CCCCC32)CCN1c1ccccc1. The highest BCUT2D eigenvalue weighted by atomic mass is 16.3. The van der Waals surface area contributed by atoms with Crippen molar-refractivity contribution in [2.24, 2.45) is 11.8 Å². The van der Waals surface area contributed by atoms with Gasteiger partial charge in [-0.2, -0.15) is 0 Å². The van der Waals surface area contributed by atoms with E-state index >= 15 is 0 Å². The van der Waals surface area contributed by atoms with E-state index in [9.17, 15) is 14.7 Å². The number of hydrogen-bond acceptors (Lipinski definition) is 3. The number of piperidine rings is 1. The Hall–Kier alpha value is -2.66. The molecular weight excluding hydrogens is 388 g/mol. The molecule has 1 saturated carbocycles. The Morgan fingerprint density at radius 3 is 2.32 bits per heavy atom.